The fourth-order valence-electron chi connectivity index (χ4n) is 3.17. The summed E-state index contributed by atoms with van der Waals surface area (Å²) >= 11 is 0. The minimum Gasteiger partial charge on any atom is -0.346 e. The van der Waals surface area contributed by atoms with E-state index < -0.39 is 11.2 Å². The molecule has 1 aromatic carbocycles. The van der Waals surface area contributed by atoms with Gasteiger partial charge in [-0.25, -0.2) is 0 Å². The highest BCUT2D eigenvalue weighted by Gasteiger charge is 2.58. The standard InChI is InChI=1S/C16H21NO3/c1-15(2)14(18)17(12-13-6-4-3-5-7-13)9-8-16(15)19-10-11-20-16/h3-7H,8-12H2,1-2H3. The molecule has 0 N–H and O–H groups in total. The quantitative estimate of drug-likeness (QED) is 0.830. The Labute approximate surface area is 119 Å². The number of amides is 1. The van der Waals surface area contributed by atoms with Crippen LogP contribution in [0.3, 0.4) is 0 Å². The van der Waals surface area contributed by atoms with Gasteiger partial charge in [-0.15, -0.1) is 0 Å². The summed E-state index contributed by atoms with van der Waals surface area (Å²) < 4.78 is 11.6. The van der Waals surface area contributed by atoms with E-state index in [1.807, 2.05) is 49.1 Å². The lowest BCUT2D eigenvalue weighted by Crippen LogP contribution is -2.61. The molecule has 0 unspecified atom stereocenters. The maximum Gasteiger partial charge on any atom is 0.233 e. The fraction of sp³-hybridized carbons (Fsp3) is 0.562. The van der Waals surface area contributed by atoms with Crippen molar-refractivity contribution in [2.45, 2.75) is 32.6 Å². The van der Waals surface area contributed by atoms with Gasteiger partial charge in [-0.3, -0.25) is 4.79 Å². The number of likely N-dealkylation sites (tertiary alicyclic amines) is 1. The lowest BCUT2D eigenvalue weighted by atomic mass is 9.76. The summed E-state index contributed by atoms with van der Waals surface area (Å²) in [6, 6.07) is 10.1. The molecule has 20 heavy (non-hydrogen) atoms. The van der Waals surface area contributed by atoms with Crippen molar-refractivity contribution < 1.29 is 14.3 Å². The smallest absolute Gasteiger partial charge is 0.233 e. The lowest BCUT2D eigenvalue weighted by Gasteiger charge is -2.48. The molecule has 2 aliphatic heterocycles. The number of hydrogen-bond donors (Lipinski definition) is 0. The van der Waals surface area contributed by atoms with Gasteiger partial charge >= 0.3 is 0 Å². The van der Waals surface area contributed by atoms with Gasteiger partial charge in [0.25, 0.3) is 0 Å². The highest BCUT2D eigenvalue weighted by molar-refractivity contribution is 5.84. The van der Waals surface area contributed by atoms with Gasteiger partial charge in [0.15, 0.2) is 5.79 Å². The first kappa shape index (κ1) is 13.6. The fourth-order valence-corrected chi connectivity index (χ4v) is 3.17. The normalized spacial score (nSPS) is 24.3. The highest BCUT2D eigenvalue weighted by Crippen LogP contribution is 2.45. The van der Waals surface area contributed by atoms with Crippen LogP contribution in [-0.4, -0.2) is 36.4 Å². The largest absolute Gasteiger partial charge is 0.346 e. The zero-order valence-electron chi connectivity index (χ0n) is 12.1. The van der Waals surface area contributed by atoms with Crippen molar-refractivity contribution in [3.8, 4) is 0 Å². The second-order valence-electron chi connectivity index (χ2n) is 6.04. The summed E-state index contributed by atoms with van der Waals surface area (Å²) in [4.78, 5) is 14.7. The summed E-state index contributed by atoms with van der Waals surface area (Å²) in [5.41, 5.74) is 0.511. The average Bonchev–Trinajstić information content (AvgIpc) is 2.92. The van der Waals surface area contributed by atoms with Gasteiger partial charge in [-0.05, 0) is 19.4 Å². The first-order valence-electron chi connectivity index (χ1n) is 7.16. The van der Waals surface area contributed by atoms with Crippen LogP contribution < -0.4 is 0 Å². The summed E-state index contributed by atoms with van der Waals surface area (Å²) in [6.07, 6.45) is 0.735. The number of ether oxygens (including phenoxy) is 2. The Hall–Kier alpha value is -1.39. The summed E-state index contributed by atoms with van der Waals surface area (Å²) in [6.45, 7) is 6.34. The predicted octanol–water partition coefficient (Wildman–Crippen LogP) is 2.19. The molecule has 0 saturated carbocycles. The SMILES string of the molecule is CC1(C)C(=O)N(Cc2ccccc2)CCC12OCCO2. The summed E-state index contributed by atoms with van der Waals surface area (Å²) in [5, 5.41) is 0. The maximum absolute atomic E-state index is 12.8. The van der Waals surface area contributed by atoms with Gasteiger partial charge in [0, 0.05) is 19.5 Å². The monoisotopic (exact) mass is 275 g/mol. The third kappa shape index (κ3) is 2.03. The molecule has 0 bridgehead atoms. The van der Waals surface area contributed by atoms with Crippen molar-refractivity contribution in [2.24, 2.45) is 5.41 Å². The number of piperidine rings is 1. The molecule has 2 saturated heterocycles. The molecule has 4 heteroatoms. The van der Waals surface area contributed by atoms with Crippen LogP contribution in [0, 0.1) is 5.41 Å². The summed E-state index contributed by atoms with van der Waals surface area (Å²) in [5.74, 6) is -0.619. The third-order valence-electron chi connectivity index (χ3n) is 4.46. The van der Waals surface area contributed by atoms with Gasteiger partial charge in [0.1, 0.15) is 0 Å². The Bertz CT molecular complexity index is 492. The molecule has 3 rings (SSSR count). The van der Waals surface area contributed by atoms with Crippen LogP contribution in [0.4, 0.5) is 0 Å². The molecule has 0 aromatic heterocycles. The second kappa shape index (κ2) is 4.86. The highest BCUT2D eigenvalue weighted by atomic mass is 16.7. The predicted molar refractivity (Wildman–Crippen MR) is 74.9 cm³/mol. The van der Waals surface area contributed by atoms with Crippen LogP contribution >= 0.6 is 0 Å². The maximum atomic E-state index is 12.8. The molecule has 4 nitrogen and oxygen atoms in total. The molecular formula is C16H21NO3. The van der Waals surface area contributed by atoms with Crippen molar-refractivity contribution >= 4 is 5.91 Å². The Morgan fingerprint density at radius 1 is 1.15 bits per heavy atom. The number of carbonyl (C=O) groups is 1. The molecule has 1 amide bonds. The van der Waals surface area contributed by atoms with Crippen molar-refractivity contribution in [3.05, 3.63) is 35.9 Å². The Morgan fingerprint density at radius 3 is 2.45 bits per heavy atom. The van der Waals surface area contributed by atoms with Crippen LogP contribution in [0.25, 0.3) is 0 Å². The second-order valence-corrected chi connectivity index (χ2v) is 6.04. The minimum atomic E-state index is -0.725. The van der Waals surface area contributed by atoms with Gasteiger partial charge in [0.05, 0.1) is 18.6 Å². The molecule has 0 aliphatic carbocycles. The number of benzene rings is 1. The van der Waals surface area contributed by atoms with Crippen molar-refractivity contribution in [1.82, 2.24) is 4.90 Å². The van der Waals surface area contributed by atoms with Crippen LogP contribution in [0.5, 0.6) is 0 Å². The van der Waals surface area contributed by atoms with Gasteiger partial charge in [-0.2, -0.15) is 0 Å². The number of rotatable bonds is 2. The van der Waals surface area contributed by atoms with E-state index in [-0.39, 0.29) is 5.91 Å². The molecule has 1 aromatic rings. The molecule has 2 heterocycles. The van der Waals surface area contributed by atoms with E-state index in [2.05, 4.69) is 0 Å². The zero-order valence-corrected chi connectivity index (χ0v) is 12.1. The van der Waals surface area contributed by atoms with Crippen LogP contribution in [0.15, 0.2) is 30.3 Å². The number of carbonyl (C=O) groups excluding carboxylic acids is 1. The Kier molecular flexibility index (Phi) is 3.30. The van der Waals surface area contributed by atoms with Crippen molar-refractivity contribution in [2.75, 3.05) is 19.8 Å². The molecule has 108 valence electrons. The van der Waals surface area contributed by atoms with E-state index in [9.17, 15) is 4.79 Å². The molecule has 0 radical (unpaired) electrons. The van der Waals surface area contributed by atoms with Crippen molar-refractivity contribution in [1.29, 1.82) is 0 Å². The third-order valence-corrected chi connectivity index (χ3v) is 4.46. The molecule has 1 spiro atoms. The van der Waals surface area contributed by atoms with Crippen LogP contribution in [0.1, 0.15) is 25.8 Å². The first-order chi connectivity index (χ1) is 9.55. The van der Waals surface area contributed by atoms with Crippen LogP contribution in [-0.2, 0) is 20.8 Å². The van der Waals surface area contributed by atoms with Gasteiger partial charge < -0.3 is 14.4 Å². The molecule has 0 atom stereocenters. The average molecular weight is 275 g/mol. The lowest BCUT2D eigenvalue weighted by molar-refractivity contribution is -0.247. The van der Waals surface area contributed by atoms with E-state index >= 15 is 0 Å². The number of nitrogens with zero attached hydrogens (tertiary/aromatic N) is 1. The van der Waals surface area contributed by atoms with E-state index in [4.69, 9.17) is 9.47 Å². The Morgan fingerprint density at radius 2 is 1.80 bits per heavy atom. The molecule has 2 fully saturated rings. The first-order valence-corrected chi connectivity index (χ1v) is 7.16. The van der Waals surface area contributed by atoms with Gasteiger partial charge in [0.2, 0.25) is 5.91 Å². The minimum absolute atomic E-state index is 0.106. The van der Waals surface area contributed by atoms with E-state index in [0.29, 0.717) is 26.3 Å². The van der Waals surface area contributed by atoms with Crippen LogP contribution in [0.2, 0.25) is 0 Å². The van der Waals surface area contributed by atoms with Crippen molar-refractivity contribution in [3.63, 3.8) is 0 Å². The molecular weight excluding hydrogens is 254 g/mol. The van der Waals surface area contributed by atoms with Gasteiger partial charge in [-0.1, -0.05) is 30.3 Å². The van der Waals surface area contributed by atoms with E-state index in [1.165, 1.54) is 0 Å². The topological polar surface area (TPSA) is 38.8 Å². The zero-order chi connectivity index (χ0) is 14.2. The summed E-state index contributed by atoms with van der Waals surface area (Å²) in [7, 11) is 0. The Balaban J connectivity index is 1.79. The number of hydrogen-bond acceptors (Lipinski definition) is 3. The molecule has 2 aliphatic rings. The van der Waals surface area contributed by atoms with E-state index in [1.54, 1.807) is 0 Å². The van der Waals surface area contributed by atoms with E-state index in [0.717, 1.165) is 12.0 Å².